The Balaban J connectivity index is 2.16. The van der Waals surface area contributed by atoms with Gasteiger partial charge in [-0.05, 0) is 18.2 Å². The SMILES string of the molecule is CC(C)NCc1ccc(-c2ccccc2F)s1. The lowest BCUT2D eigenvalue weighted by molar-refractivity contribution is 0.593. The van der Waals surface area contributed by atoms with Crippen LogP contribution in [-0.2, 0) is 6.54 Å². The van der Waals surface area contributed by atoms with Gasteiger partial charge in [0.15, 0.2) is 0 Å². The minimum atomic E-state index is -0.155. The lowest BCUT2D eigenvalue weighted by Gasteiger charge is -2.05. The molecular weight excluding hydrogens is 233 g/mol. The first kappa shape index (κ1) is 12.3. The highest BCUT2D eigenvalue weighted by Gasteiger charge is 2.07. The minimum Gasteiger partial charge on any atom is -0.310 e. The van der Waals surface area contributed by atoms with Gasteiger partial charge in [0.25, 0.3) is 0 Å². The molecule has 1 N–H and O–H groups in total. The molecule has 0 fully saturated rings. The Bertz CT molecular complexity index is 490. The van der Waals surface area contributed by atoms with Crippen LogP contribution in [0.1, 0.15) is 18.7 Å². The smallest absolute Gasteiger partial charge is 0.131 e. The molecule has 0 spiro atoms. The third-order valence-electron chi connectivity index (χ3n) is 2.49. The summed E-state index contributed by atoms with van der Waals surface area (Å²) in [6.07, 6.45) is 0. The highest BCUT2D eigenvalue weighted by molar-refractivity contribution is 7.15. The Morgan fingerprint density at radius 3 is 2.65 bits per heavy atom. The zero-order valence-corrected chi connectivity index (χ0v) is 10.9. The van der Waals surface area contributed by atoms with E-state index >= 15 is 0 Å². The summed E-state index contributed by atoms with van der Waals surface area (Å²) < 4.78 is 13.6. The average Bonchev–Trinajstić information content (AvgIpc) is 2.75. The number of rotatable bonds is 4. The van der Waals surface area contributed by atoms with Crippen molar-refractivity contribution in [2.24, 2.45) is 0 Å². The fraction of sp³-hybridized carbons (Fsp3) is 0.286. The Hall–Kier alpha value is -1.19. The standard InChI is InChI=1S/C14H16FNS/c1-10(2)16-9-11-7-8-14(17-11)12-5-3-4-6-13(12)15/h3-8,10,16H,9H2,1-2H3. The second-order valence-electron chi connectivity index (χ2n) is 4.28. The van der Waals surface area contributed by atoms with Crippen LogP contribution in [-0.4, -0.2) is 6.04 Å². The molecule has 2 rings (SSSR count). The van der Waals surface area contributed by atoms with Gasteiger partial charge in [-0.25, -0.2) is 4.39 Å². The molecule has 0 aliphatic heterocycles. The molecule has 1 heterocycles. The van der Waals surface area contributed by atoms with Crippen molar-refractivity contribution in [2.75, 3.05) is 0 Å². The number of nitrogens with one attached hydrogen (secondary N) is 1. The van der Waals surface area contributed by atoms with Crippen LogP contribution in [0.3, 0.4) is 0 Å². The highest BCUT2D eigenvalue weighted by Crippen LogP contribution is 2.29. The van der Waals surface area contributed by atoms with Crippen LogP contribution >= 0.6 is 11.3 Å². The normalized spacial score (nSPS) is 11.1. The van der Waals surface area contributed by atoms with E-state index in [2.05, 4.69) is 25.2 Å². The lowest BCUT2D eigenvalue weighted by Crippen LogP contribution is -2.21. The number of hydrogen-bond donors (Lipinski definition) is 1. The van der Waals surface area contributed by atoms with Crippen molar-refractivity contribution in [3.8, 4) is 10.4 Å². The first-order chi connectivity index (χ1) is 8.16. The summed E-state index contributed by atoms with van der Waals surface area (Å²) in [5.41, 5.74) is 0.688. The van der Waals surface area contributed by atoms with Crippen LogP contribution in [0, 0.1) is 5.82 Å². The predicted molar refractivity (Wildman–Crippen MR) is 71.7 cm³/mol. The second kappa shape index (κ2) is 5.43. The summed E-state index contributed by atoms with van der Waals surface area (Å²) in [7, 11) is 0. The monoisotopic (exact) mass is 249 g/mol. The quantitative estimate of drug-likeness (QED) is 0.862. The predicted octanol–water partition coefficient (Wildman–Crippen LogP) is 4.05. The summed E-state index contributed by atoms with van der Waals surface area (Å²) in [4.78, 5) is 2.22. The zero-order valence-electron chi connectivity index (χ0n) is 10.0. The van der Waals surface area contributed by atoms with Gasteiger partial charge >= 0.3 is 0 Å². The Morgan fingerprint density at radius 2 is 1.94 bits per heavy atom. The van der Waals surface area contributed by atoms with Crippen LogP contribution in [0.2, 0.25) is 0 Å². The molecule has 0 aliphatic rings. The van der Waals surface area contributed by atoms with Gasteiger partial charge in [0, 0.05) is 27.9 Å². The maximum Gasteiger partial charge on any atom is 0.131 e. The highest BCUT2D eigenvalue weighted by atomic mass is 32.1. The van der Waals surface area contributed by atoms with Gasteiger partial charge in [0.1, 0.15) is 5.82 Å². The molecule has 3 heteroatoms. The Kier molecular flexibility index (Phi) is 3.92. The van der Waals surface area contributed by atoms with Gasteiger partial charge in [-0.2, -0.15) is 0 Å². The number of hydrogen-bond acceptors (Lipinski definition) is 2. The second-order valence-corrected chi connectivity index (χ2v) is 5.45. The van der Waals surface area contributed by atoms with Crippen molar-refractivity contribution < 1.29 is 4.39 Å². The molecular formula is C14H16FNS. The van der Waals surface area contributed by atoms with Crippen molar-refractivity contribution in [3.63, 3.8) is 0 Å². The molecule has 0 bridgehead atoms. The first-order valence-corrected chi connectivity index (χ1v) is 6.55. The van der Waals surface area contributed by atoms with E-state index in [1.54, 1.807) is 17.4 Å². The van der Waals surface area contributed by atoms with E-state index in [4.69, 9.17) is 0 Å². The number of halogens is 1. The van der Waals surface area contributed by atoms with E-state index in [0.29, 0.717) is 11.6 Å². The van der Waals surface area contributed by atoms with E-state index in [-0.39, 0.29) is 5.82 Å². The number of thiophene rings is 1. The molecule has 0 aliphatic carbocycles. The van der Waals surface area contributed by atoms with Crippen molar-refractivity contribution >= 4 is 11.3 Å². The molecule has 0 radical (unpaired) electrons. The van der Waals surface area contributed by atoms with Crippen LogP contribution in [0.15, 0.2) is 36.4 Å². The zero-order chi connectivity index (χ0) is 12.3. The molecule has 0 saturated carbocycles. The summed E-state index contributed by atoms with van der Waals surface area (Å²) in [6.45, 7) is 5.08. The van der Waals surface area contributed by atoms with E-state index in [1.165, 1.54) is 10.9 Å². The molecule has 17 heavy (non-hydrogen) atoms. The van der Waals surface area contributed by atoms with Crippen molar-refractivity contribution in [1.29, 1.82) is 0 Å². The van der Waals surface area contributed by atoms with Gasteiger partial charge in [-0.1, -0.05) is 32.0 Å². The summed E-state index contributed by atoms with van der Waals surface area (Å²) in [6, 6.07) is 11.4. The van der Waals surface area contributed by atoms with Gasteiger partial charge in [0.2, 0.25) is 0 Å². The molecule has 0 atom stereocenters. The van der Waals surface area contributed by atoms with Crippen molar-refractivity contribution in [2.45, 2.75) is 26.4 Å². The third-order valence-corrected chi connectivity index (χ3v) is 3.60. The van der Waals surface area contributed by atoms with Crippen LogP contribution < -0.4 is 5.32 Å². The third kappa shape index (κ3) is 3.14. The maximum absolute atomic E-state index is 13.6. The molecule has 0 saturated heterocycles. The van der Waals surface area contributed by atoms with Gasteiger partial charge in [-0.15, -0.1) is 11.3 Å². The van der Waals surface area contributed by atoms with E-state index in [9.17, 15) is 4.39 Å². The molecule has 90 valence electrons. The van der Waals surface area contributed by atoms with Crippen molar-refractivity contribution in [3.05, 3.63) is 47.1 Å². The topological polar surface area (TPSA) is 12.0 Å². The molecule has 1 aromatic carbocycles. The molecule has 0 amide bonds. The fourth-order valence-electron chi connectivity index (χ4n) is 1.58. The van der Waals surface area contributed by atoms with E-state index in [0.717, 1.165) is 11.4 Å². The average molecular weight is 249 g/mol. The summed E-state index contributed by atoms with van der Waals surface area (Å²) in [5.74, 6) is -0.155. The fourth-order valence-corrected chi connectivity index (χ4v) is 2.57. The van der Waals surface area contributed by atoms with Crippen LogP contribution in [0.4, 0.5) is 4.39 Å². The number of benzene rings is 1. The maximum atomic E-state index is 13.6. The van der Waals surface area contributed by atoms with E-state index < -0.39 is 0 Å². The van der Waals surface area contributed by atoms with E-state index in [1.807, 2.05) is 18.2 Å². The van der Waals surface area contributed by atoms with Gasteiger partial charge in [0.05, 0.1) is 0 Å². The Morgan fingerprint density at radius 1 is 1.18 bits per heavy atom. The van der Waals surface area contributed by atoms with Crippen molar-refractivity contribution in [1.82, 2.24) is 5.32 Å². The summed E-state index contributed by atoms with van der Waals surface area (Å²) in [5, 5.41) is 3.36. The Labute approximate surface area is 105 Å². The lowest BCUT2D eigenvalue weighted by atomic mass is 10.2. The van der Waals surface area contributed by atoms with Gasteiger partial charge < -0.3 is 5.32 Å². The molecule has 1 nitrogen and oxygen atoms in total. The summed E-state index contributed by atoms with van der Waals surface area (Å²) >= 11 is 1.64. The largest absolute Gasteiger partial charge is 0.310 e. The molecule has 0 unspecified atom stereocenters. The van der Waals surface area contributed by atoms with Crippen LogP contribution in [0.25, 0.3) is 10.4 Å². The first-order valence-electron chi connectivity index (χ1n) is 5.74. The molecule has 2 aromatic rings. The van der Waals surface area contributed by atoms with Gasteiger partial charge in [-0.3, -0.25) is 0 Å². The van der Waals surface area contributed by atoms with Crippen LogP contribution in [0.5, 0.6) is 0 Å². The molecule has 1 aromatic heterocycles. The minimum absolute atomic E-state index is 0.155.